The average molecular weight is 472 g/mol. The largest absolute Gasteiger partial charge is 0.383 e. The molecule has 9 nitrogen and oxygen atoms in total. The molecule has 0 spiro atoms. The molecule has 1 aliphatic rings. The number of halogens is 1. The molecule has 1 aromatic carbocycles. The smallest absolute Gasteiger partial charge is 0.212 e. The summed E-state index contributed by atoms with van der Waals surface area (Å²) in [7, 11) is 1.84. The first kappa shape index (κ1) is 23.7. The van der Waals surface area contributed by atoms with Crippen LogP contribution < -0.4 is 21.6 Å². The lowest BCUT2D eigenvalue weighted by Crippen LogP contribution is -2.35. The van der Waals surface area contributed by atoms with Crippen molar-refractivity contribution in [1.82, 2.24) is 25.9 Å². The summed E-state index contributed by atoms with van der Waals surface area (Å²) >= 11 is 0. The maximum absolute atomic E-state index is 13.5. The van der Waals surface area contributed by atoms with E-state index in [0.717, 1.165) is 11.3 Å². The Bertz CT molecular complexity index is 1360. The number of fused-ring (bicyclic) bond motifs is 1. The van der Waals surface area contributed by atoms with Crippen LogP contribution in [0.4, 0.5) is 15.8 Å². The van der Waals surface area contributed by atoms with E-state index >= 15 is 0 Å². The fourth-order valence-electron chi connectivity index (χ4n) is 3.74. The molecule has 3 heterocycles. The van der Waals surface area contributed by atoms with Crippen molar-refractivity contribution in [1.29, 1.82) is 10.5 Å². The van der Waals surface area contributed by atoms with Gasteiger partial charge in [0.25, 0.3) is 0 Å². The molecule has 0 unspecified atom stereocenters. The fraction of sp³-hybridized carbons (Fsp3) is 0.280. The first-order valence-electron chi connectivity index (χ1n) is 11.0. The number of hydrazine groups is 2. The van der Waals surface area contributed by atoms with Gasteiger partial charge in [-0.15, -0.1) is 5.53 Å². The lowest BCUT2D eigenvalue weighted by molar-refractivity contribution is 0.326. The molecule has 0 saturated carbocycles. The molecule has 4 N–H and O–H groups in total. The highest BCUT2D eigenvalue weighted by Gasteiger charge is 2.23. The second-order valence-electron chi connectivity index (χ2n) is 9.53. The minimum atomic E-state index is -0.571. The van der Waals surface area contributed by atoms with Gasteiger partial charge < -0.3 is 16.1 Å². The van der Waals surface area contributed by atoms with E-state index in [1.165, 1.54) is 18.5 Å². The first-order chi connectivity index (χ1) is 16.7. The van der Waals surface area contributed by atoms with Gasteiger partial charge in [0.15, 0.2) is 0 Å². The topological polar surface area (TPSA) is 125 Å². The molecule has 10 heteroatoms. The number of hydrogen-bond donors (Lipinski definition) is 4. The quantitative estimate of drug-likeness (QED) is 0.396. The van der Waals surface area contributed by atoms with Crippen molar-refractivity contribution in [3.63, 3.8) is 0 Å². The Balaban J connectivity index is 1.83. The van der Waals surface area contributed by atoms with Crippen molar-refractivity contribution >= 4 is 22.3 Å². The molecular formula is C25H26FN9. The van der Waals surface area contributed by atoms with Crippen LogP contribution in [-0.2, 0) is 0 Å². The molecule has 0 aliphatic carbocycles. The van der Waals surface area contributed by atoms with Crippen molar-refractivity contribution in [2.24, 2.45) is 5.41 Å². The molecule has 1 aliphatic heterocycles. The third-order valence-electron chi connectivity index (χ3n) is 5.42. The van der Waals surface area contributed by atoms with E-state index < -0.39 is 12.0 Å². The van der Waals surface area contributed by atoms with Crippen molar-refractivity contribution in [2.45, 2.75) is 26.8 Å². The van der Waals surface area contributed by atoms with E-state index in [1.807, 2.05) is 19.3 Å². The summed E-state index contributed by atoms with van der Waals surface area (Å²) in [4.78, 5) is 8.19. The van der Waals surface area contributed by atoms with Crippen LogP contribution in [0.1, 0.15) is 43.5 Å². The van der Waals surface area contributed by atoms with Gasteiger partial charge >= 0.3 is 0 Å². The lowest BCUT2D eigenvalue weighted by atomic mass is 9.96. The number of nitrogens with zero attached hydrogens (tertiary/aromatic N) is 5. The molecule has 0 saturated heterocycles. The van der Waals surface area contributed by atoms with Crippen LogP contribution in [0.15, 0.2) is 48.6 Å². The number of nitriles is 2. The van der Waals surface area contributed by atoms with E-state index in [-0.39, 0.29) is 5.41 Å². The Hall–Kier alpha value is -4.41. The molecule has 0 fully saturated rings. The van der Waals surface area contributed by atoms with Crippen LogP contribution in [0.5, 0.6) is 0 Å². The Kier molecular flexibility index (Phi) is 6.41. The summed E-state index contributed by atoms with van der Waals surface area (Å²) in [6.45, 7) is 6.91. The molecule has 178 valence electrons. The molecule has 35 heavy (non-hydrogen) atoms. The highest BCUT2D eigenvalue weighted by molar-refractivity contribution is 5.99. The minimum absolute atomic E-state index is 0.0312. The second kappa shape index (κ2) is 9.45. The number of hydrogen-bond acceptors (Lipinski definition) is 9. The van der Waals surface area contributed by atoms with Crippen molar-refractivity contribution in [3.8, 4) is 12.1 Å². The van der Waals surface area contributed by atoms with Crippen LogP contribution in [0.2, 0.25) is 0 Å². The van der Waals surface area contributed by atoms with Gasteiger partial charge in [-0.05, 0) is 29.2 Å². The summed E-state index contributed by atoms with van der Waals surface area (Å²) in [5, 5.41) is 28.8. The zero-order valence-corrected chi connectivity index (χ0v) is 19.9. The van der Waals surface area contributed by atoms with E-state index in [1.54, 1.807) is 17.1 Å². The number of nitrogens with one attached hydrogen (secondary N) is 4. The van der Waals surface area contributed by atoms with Gasteiger partial charge in [0.2, 0.25) is 5.95 Å². The first-order valence-corrected chi connectivity index (χ1v) is 11.0. The summed E-state index contributed by atoms with van der Waals surface area (Å²) in [6, 6.07) is 10.5. The van der Waals surface area contributed by atoms with Gasteiger partial charge in [-0.2, -0.15) is 14.9 Å². The van der Waals surface area contributed by atoms with Crippen molar-refractivity contribution in [3.05, 3.63) is 71.2 Å². The van der Waals surface area contributed by atoms with E-state index in [9.17, 15) is 14.9 Å². The predicted octanol–water partition coefficient (Wildman–Crippen LogP) is 3.92. The van der Waals surface area contributed by atoms with Crippen LogP contribution in [0.3, 0.4) is 0 Å². The molecule has 1 atom stereocenters. The lowest BCUT2D eigenvalue weighted by Gasteiger charge is -2.23. The maximum Gasteiger partial charge on any atom is 0.212 e. The van der Waals surface area contributed by atoms with Crippen LogP contribution in [0.25, 0.3) is 10.9 Å². The molecular weight excluding hydrogens is 445 g/mol. The number of anilines is 2. The second-order valence-corrected chi connectivity index (χ2v) is 9.53. The van der Waals surface area contributed by atoms with Crippen molar-refractivity contribution in [2.75, 3.05) is 24.2 Å². The third-order valence-corrected chi connectivity index (χ3v) is 5.42. The molecule has 2 aromatic heterocycles. The Morgan fingerprint density at radius 3 is 2.49 bits per heavy atom. The Morgan fingerprint density at radius 2 is 1.89 bits per heavy atom. The summed E-state index contributed by atoms with van der Waals surface area (Å²) in [5.74, 6) is -0.571. The summed E-state index contributed by atoms with van der Waals surface area (Å²) in [6.07, 6.45) is 4.81. The van der Waals surface area contributed by atoms with Gasteiger partial charge in [-0.25, -0.2) is 4.98 Å². The van der Waals surface area contributed by atoms with Crippen LogP contribution in [-0.4, -0.2) is 28.6 Å². The minimum Gasteiger partial charge on any atom is -0.383 e. The normalized spacial score (nSPS) is 14.0. The monoisotopic (exact) mass is 471 g/mol. The number of pyridine rings is 2. The van der Waals surface area contributed by atoms with Gasteiger partial charge in [0.05, 0.1) is 34.1 Å². The standard InChI is InChI=1S/C25H26FN9/c1-25(2,3)14-31-23-17(10-28)12-30-22-16(9-27)7-18(8-19(22)23)32-24(20-13-35(4)34-33-20)15-5-6-21(26)29-11-15/h5-8,11-13,24,32-34H,14H2,1-4H3,(H,30,31)/t24-/m1/s1. The van der Waals surface area contributed by atoms with E-state index in [2.05, 4.69) is 64.5 Å². The average Bonchev–Trinajstić information content (AvgIpc) is 3.26. The molecule has 0 bridgehead atoms. The van der Waals surface area contributed by atoms with Gasteiger partial charge in [-0.3, -0.25) is 9.99 Å². The summed E-state index contributed by atoms with van der Waals surface area (Å²) in [5.41, 5.74) is 10.1. The maximum atomic E-state index is 13.5. The number of rotatable bonds is 6. The van der Waals surface area contributed by atoms with E-state index in [0.29, 0.717) is 39.9 Å². The molecule has 3 aromatic rings. The van der Waals surface area contributed by atoms with E-state index in [4.69, 9.17) is 0 Å². The SMILES string of the molecule is CN1C=C([C@H](Nc2cc(C#N)c3ncc(C#N)c(NCC(C)(C)C)c3c2)c2ccc(F)nc2)NN1. The summed E-state index contributed by atoms with van der Waals surface area (Å²) < 4.78 is 13.5. The molecule has 0 amide bonds. The fourth-order valence-corrected chi connectivity index (χ4v) is 3.74. The van der Waals surface area contributed by atoms with Gasteiger partial charge in [0.1, 0.15) is 12.1 Å². The van der Waals surface area contributed by atoms with Crippen LogP contribution in [0, 0.1) is 34.0 Å². The predicted molar refractivity (Wildman–Crippen MR) is 132 cm³/mol. The third kappa shape index (κ3) is 5.24. The zero-order chi connectivity index (χ0) is 25.2. The van der Waals surface area contributed by atoms with Gasteiger partial charge in [-0.1, -0.05) is 26.8 Å². The highest BCUT2D eigenvalue weighted by Crippen LogP contribution is 2.34. The number of benzene rings is 1. The molecule has 0 radical (unpaired) electrons. The molecule has 4 rings (SSSR count). The zero-order valence-electron chi connectivity index (χ0n) is 19.9. The Labute approximate surface area is 203 Å². The highest BCUT2D eigenvalue weighted by atomic mass is 19.1. The Morgan fingerprint density at radius 1 is 1.11 bits per heavy atom. The van der Waals surface area contributed by atoms with Gasteiger partial charge in [0, 0.05) is 43.3 Å². The van der Waals surface area contributed by atoms with Crippen LogP contribution >= 0.6 is 0 Å². The number of aromatic nitrogens is 2. The van der Waals surface area contributed by atoms with Crippen molar-refractivity contribution < 1.29 is 4.39 Å².